The summed E-state index contributed by atoms with van der Waals surface area (Å²) in [5, 5.41) is 11.0. The van der Waals surface area contributed by atoms with Gasteiger partial charge in [-0.05, 0) is 30.9 Å². The molecule has 4 heteroatoms. The summed E-state index contributed by atoms with van der Waals surface area (Å²) in [5.41, 5.74) is 0.446. The Kier molecular flexibility index (Phi) is 3.49. The lowest BCUT2D eigenvalue weighted by atomic mass is 9.99. The van der Waals surface area contributed by atoms with Crippen LogP contribution in [0.3, 0.4) is 0 Å². The SMILES string of the molecule is CC1CC[NH+](Cc2c(O)c3ccccc3oc2=O)CC1. The van der Waals surface area contributed by atoms with Crippen LogP contribution in [0.2, 0.25) is 0 Å². The normalized spacial score (nSPS) is 23.1. The molecule has 0 saturated carbocycles. The smallest absolute Gasteiger partial charge is 0.349 e. The maximum Gasteiger partial charge on any atom is 0.349 e. The van der Waals surface area contributed by atoms with Gasteiger partial charge in [-0.3, -0.25) is 0 Å². The van der Waals surface area contributed by atoms with Crippen molar-refractivity contribution >= 4 is 11.0 Å². The van der Waals surface area contributed by atoms with Gasteiger partial charge in [-0.15, -0.1) is 0 Å². The number of piperidine rings is 1. The van der Waals surface area contributed by atoms with E-state index in [1.807, 2.05) is 6.07 Å². The molecule has 2 heterocycles. The fraction of sp³-hybridized carbons (Fsp3) is 0.438. The highest BCUT2D eigenvalue weighted by atomic mass is 16.4. The molecule has 0 radical (unpaired) electrons. The predicted molar refractivity (Wildman–Crippen MR) is 76.9 cm³/mol. The minimum absolute atomic E-state index is 0.0861. The van der Waals surface area contributed by atoms with Crippen molar-refractivity contribution < 1.29 is 14.4 Å². The van der Waals surface area contributed by atoms with E-state index < -0.39 is 5.63 Å². The van der Waals surface area contributed by atoms with Crippen LogP contribution in [0.1, 0.15) is 25.3 Å². The lowest BCUT2D eigenvalue weighted by Crippen LogP contribution is -3.11. The van der Waals surface area contributed by atoms with Gasteiger partial charge in [0.25, 0.3) is 0 Å². The van der Waals surface area contributed by atoms with E-state index in [1.165, 1.54) is 17.7 Å². The zero-order chi connectivity index (χ0) is 14.1. The summed E-state index contributed by atoms with van der Waals surface area (Å²) < 4.78 is 5.31. The third kappa shape index (κ3) is 2.43. The number of hydrogen-bond acceptors (Lipinski definition) is 3. The van der Waals surface area contributed by atoms with Crippen molar-refractivity contribution in [3.8, 4) is 5.75 Å². The molecule has 0 unspecified atom stereocenters. The van der Waals surface area contributed by atoms with Crippen molar-refractivity contribution in [3.05, 3.63) is 40.2 Å². The van der Waals surface area contributed by atoms with Crippen molar-refractivity contribution in [1.29, 1.82) is 0 Å². The highest BCUT2D eigenvalue weighted by Crippen LogP contribution is 2.25. The molecule has 1 fully saturated rings. The van der Waals surface area contributed by atoms with Gasteiger partial charge in [0.2, 0.25) is 0 Å². The minimum Gasteiger partial charge on any atom is -0.506 e. The number of nitrogens with one attached hydrogen (secondary N) is 1. The van der Waals surface area contributed by atoms with Gasteiger partial charge < -0.3 is 14.4 Å². The first kappa shape index (κ1) is 13.2. The van der Waals surface area contributed by atoms with Crippen LogP contribution in [-0.4, -0.2) is 18.2 Å². The number of benzene rings is 1. The summed E-state index contributed by atoms with van der Waals surface area (Å²) in [7, 11) is 0. The molecule has 2 N–H and O–H groups in total. The standard InChI is InChI=1S/C16H19NO3/c1-11-6-8-17(9-7-11)10-13-15(18)12-4-2-3-5-14(12)20-16(13)19/h2-5,11,18H,6-10H2,1H3/p+1. The Morgan fingerprint density at radius 1 is 1.30 bits per heavy atom. The third-order valence-electron chi connectivity index (χ3n) is 4.29. The molecule has 0 atom stereocenters. The Balaban J connectivity index is 1.93. The summed E-state index contributed by atoms with van der Waals surface area (Å²) in [6, 6.07) is 7.11. The highest BCUT2D eigenvalue weighted by Gasteiger charge is 2.23. The van der Waals surface area contributed by atoms with Gasteiger partial charge in [-0.2, -0.15) is 0 Å². The second-order valence-corrected chi connectivity index (χ2v) is 5.82. The van der Waals surface area contributed by atoms with Gasteiger partial charge in [0.15, 0.2) is 0 Å². The van der Waals surface area contributed by atoms with Crippen LogP contribution >= 0.6 is 0 Å². The molecule has 1 saturated heterocycles. The van der Waals surface area contributed by atoms with Gasteiger partial charge in [0.1, 0.15) is 23.4 Å². The third-order valence-corrected chi connectivity index (χ3v) is 4.29. The molecule has 106 valence electrons. The summed E-state index contributed by atoms with van der Waals surface area (Å²) in [6.45, 7) is 4.91. The summed E-state index contributed by atoms with van der Waals surface area (Å²) in [6.07, 6.45) is 2.35. The molecular weight excluding hydrogens is 254 g/mol. The summed E-state index contributed by atoms with van der Waals surface area (Å²) in [4.78, 5) is 13.4. The second kappa shape index (κ2) is 5.29. The summed E-state index contributed by atoms with van der Waals surface area (Å²) >= 11 is 0. The maximum atomic E-state index is 12.1. The number of rotatable bonds is 2. The molecule has 20 heavy (non-hydrogen) atoms. The Morgan fingerprint density at radius 3 is 2.75 bits per heavy atom. The zero-order valence-electron chi connectivity index (χ0n) is 11.7. The Labute approximate surface area is 117 Å². The van der Waals surface area contributed by atoms with Crippen LogP contribution in [0.15, 0.2) is 33.5 Å². The van der Waals surface area contributed by atoms with E-state index in [4.69, 9.17) is 4.42 Å². The molecule has 3 rings (SSSR count). The Hall–Kier alpha value is -1.81. The number of aromatic hydroxyl groups is 1. The van der Waals surface area contributed by atoms with E-state index in [1.54, 1.807) is 18.2 Å². The fourth-order valence-electron chi connectivity index (χ4n) is 2.93. The van der Waals surface area contributed by atoms with Crippen molar-refractivity contribution in [3.63, 3.8) is 0 Å². The molecule has 1 aromatic carbocycles. The number of fused-ring (bicyclic) bond motifs is 1. The largest absolute Gasteiger partial charge is 0.506 e. The number of para-hydroxylation sites is 1. The Bertz CT molecular complexity index is 669. The fourth-order valence-corrected chi connectivity index (χ4v) is 2.93. The average Bonchev–Trinajstić information content (AvgIpc) is 2.45. The van der Waals surface area contributed by atoms with Crippen molar-refractivity contribution in [1.82, 2.24) is 0 Å². The van der Waals surface area contributed by atoms with Crippen molar-refractivity contribution in [2.75, 3.05) is 13.1 Å². The molecule has 2 aromatic rings. The van der Waals surface area contributed by atoms with E-state index in [0.29, 0.717) is 23.1 Å². The monoisotopic (exact) mass is 274 g/mol. The molecular formula is C16H20NO3+. The van der Waals surface area contributed by atoms with Crippen molar-refractivity contribution in [2.24, 2.45) is 5.92 Å². The van der Waals surface area contributed by atoms with Gasteiger partial charge in [-0.25, -0.2) is 4.79 Å². The van der Waals surface area contributed by atoms with E-state index in [0.717, 1.165) is 19.0 Å². The first-order valence-electron chi connectivity index (χ1n) is 7.22. The maximum absolute atomic E-state index is 12.1. The molecule has 1 aliphatic heterocycles. The molecule has 0 bridgehead atoms. The van der Waals surface area contributed by atoms with Crippen LogP contribution in [0.4, 0.5) is 0 Å². The second-order valence-electron chi connectivity index (χ2n) is 5.82. The molecule has 0 spiro atoms. The molecule has 0 aliphatic carbocycles. The summed E-state index contributed by atoms with van der Waals surface area (Å²) in [5.74, 6) is 0.850. The first-order valence-corrected chi connectivity index (χ1v) is 7.22. The average molecular weight is 274 g/mol. The Morgan fingerprint density at radius 2 is 2.00 bits per heavy atom. The van der Waals surface area contributed by atoms with Crippen molar-refractivity contribution in [2.45, 2.75) is 26.3 Å². The quantitative estimate of drug-likeness (QED) is 0.812. The van der Waals surface area contributed by atoms with E-state index in [2.05, 4.69) is 6.92 Å². The molecule has 0 amide bonds. The molecule has 4 nitrogen and oxygen atoms in total. The van der Waals surface area contributed by atoms with Gasteiger partial charge in [0.05, 0.1) is 18.5 Å². The van der Waals surface area contributed by atoms with Gasteiger partial charge in [-0.1, -0.05) is 19.1 Å². The van der Waals surface area contributed by atoms with E-state index in [-0.39, 0.29) is 5.75 Å². The minimum atomic E-state index is -0.410. The predicted octanol–water partition coefficient (Wildman–Crippen LogP) is 1.31. The molecule has 1 aromatic heterocycles. The number of hydrogen-bond donors (Lipinski definition) is 2. The van der Waals surface area contributed by atoms with Crippen LogP contribution in [0.25, 0.3) is 11.0 Å². The van der Waals surface area contributed by atoms with Crippen LogP contribution in [-0.2, 0) is 6.54 Å². The van der Waals surface area contributed by atoms with E-state index in [9.17, 15) is 9.90 Å². The lowest BCUT2D eigenvalue weighted by molar-refractivity contribution is -0.919. The van der Waals surface area contributed by atoms with Crippen LogP contribution in [0, 0.1) is 5.92 Å². The van der Waals surface area contributed by atoms with Crippen LogP contribution in [0.5, 0.6) is 5.75 Å². The van der Waals surface area contributed by atoms with Gasteiger partial charge in [0, 0.05) is 0 Å². The highest BCUT2D eigenvalue weighted by molar-refractivity contribution is 5.83. The number of likely N-dealkylation sites (tertiary alicyclic amines) is 1. The number of quaternary nitrogens is 1. The first-order chi connectivity index (χ1) is 9.65. The van der Waals surface area contributed by atoms with Crippen LogP contribution < -0.4 is 10.5 Å². The van der Waals surface area contributed by atoms with Gasteiger partial charge >= 0.3 is 5.63 Å². The topological polar surface area (TPSA) is 54.9 Å². The lowest BCUT2D eigenvalue weighted by Gasteiger charge is -2.27. The zero-order valence-corrected chi connectivity index (χ0v) is 11.7. The molecule has 1 aliphatic rings. The van der Waals surface area contributed by atoms with E-state index >= 15 is 0 Å².